The summed E-state index contributed by atoms with van der Waals surface area (Å²) >= 11 is 6.57. The Morgan fingerprint density at radius 3 is 2.63 bits per heavy atom. The largest absolute Gasteiger partial charge is 0.418 e. The third-order valence-corrected chi connectivity index (χ3v) is 6.38. The van der Waals surface area contributed by atoms with E-state index >= 15 is 0 Å². The lowest BCUT2D eigenvalue weighted by molar-refractivity contribution is -0.137. The summed E-state index contributed by atoms with van der Waals surface area (Å²) in [7, 11) is 0. The van der Waals surface area contributed by atoms with Crippen molar-refractivity contribution in [3.05, 3.63) is 57.0 Å². The number of morpholine rings is 1. The lowest BCUT2D eigenvalue weighted by atomic mass is 10.1. The molecule has 0 bridgehead atoms. The topological polar surface area (TPSA) is 110 Å². The Bertz CT molecular complexity index is 1230. The summed E-state index contributed by atoms with van der Waals surface area (Å²) in [5, 5.41) is 2.25. The van der Waals surface area contributed by atoms with Crippen LogP contribution in [0.15, 0.2) is 30.9 Å². The first-order chi connectivity index (χ1) is 16.7. The van der Waals surface area contributed by atoms with Gasteiger partial charge in [-0.3, -0.25) is 9.59 Å². The smallest absolute Gasteiger partial charge is 0.378 e. The number of pyridine rings is 1. The van der Waals surface area contributed by atoms with Gasteiger partial charge in [0.2, 0.25) is 0 Å². The van der Waals surface area contributed by atoms with E-state index in [9.17, 15) is 22.8 Å². The maximum atomic E-state index is 13.0. The molecule has 0 aromatic carbocycles. The van der Waals surface area contributed by atoms with Crippen molar-refractivity contribution in [1.82, 2.24) is 19.9 Å². The van der Waals surface area contributed by atoms with Crippen LogP contribution in [0.3, 0.4) is 0 Å². The second-order valence-electron chi connectivity index (χ2n) is 7.40. The Labute approximate surface area is 206 Å². The van der Waals surface area contributed by atoms with E-state index < -0.39 is 22.7 Å². The van der Waals surface area contributed by atoms with E-state index in [2.05, 4.69) is 25.3 Å². The summed E-state index contributed by atoms with van der Waals surface area (Å²) in [6.07, 6.45) is -0.842. The van der Waals surface area contributed by atoms with Gasteiger partial charge in [-0.2, -0.15) is 13.2 Å². The van der Waals surface area contributed by atoms with E-state index in [1.165, 1.54) is 12.5 Å². The number of Topliss-reactive ketones (excluding diaryl/α,β-unsaturated/α-hetero) is 1. The Hall–Kier alpha value is -3.16. The number of rotatable bonds is 7. The van der Waals surface area contributed by atoms with Gasteiger partial charge in [-0.15, -0.1) is 11.3 Å². The molecule has 0 saturated carbocycles. The van der Waals surface area contributed by atoms with Gasteiger partial charge in [0.1, 0.15) is 28.5 Å². The van der Waals surface area contributed by atoms with Crippen LogP contribution in [0.25, 0.3) is 0 Å². The number of thiazole rings is 1. The number of amides is 1. The van der Waals surface area contributed by atoms with Gasteiger partial charge in [-0.05, 0) is 6.07 Å². The number of nitrogens with zero attached hydrogens (tertiary/aromatic N) is 5. The van der Waals surface area contributed by atoms with Crippen molar-refractivity contribution in [2.24, 2.45) is 0 Å². The van der Waals surface area contributed by atoms with Gasteiger partial charge in [-0.1, -0.05) is 11.6 Å². The molecular formula is C21H18ClF3N6O3S. The average Bonchev–Trinajstić information content (AvgIpc) is 3.33. The number of alkyl halides is 3. The zero-order valence-corrected chi connectivity index (χ0v) is 19.6. The molecule has 0 unspecified atom stereocenters. The highest BCUT2D eigenvalue weighted by Gasteiger charge is 2.34. The fourth-order valence-corrected chi connectivity index (χ4v) is 4.27. The third-order valence-electron chi connectivity index (χ3n) is 5.02. The minimum atomic E-state index is -4.68. The molecule has 1 aliphatic heterocycles. The molecule has 4 rings (SSSR count). The first-order valence-electron chi connectivity index (χ1n) is 10.4. The monoisotopic (exact) mass is 526 g/mol. The molecule has 14 heteroatoms. The third kappa shape index (κ3) is 6.29. The summed E-state index contributed by atoms with van der Waals surface area (Å²) in [5.41, 5.74) is -0.820. The maximum Gasteiger partial charge on any atom is 0.418 e. The number of carbonyl (C=O) groups is 2. The highest BCUT2D eigenvalue weighted by Crippen LogP contribution is 2.35. The Morgan fingerprint density at radius 2 is 1.89 bits per heavy atom. The molecule has 0 atom stereocenters. The molecule has 0 radical (unpaired) electrons. The number of ether oxygens (including phenoxy) is 1. The molecule has 35 heavy (non-hydrogen) atoms. The number of halogens is 4. The zero-order valence-electron chi connectivity index (χ0n) is 18.0. The molecule has 9 nitrogen and oxygen atoms in total. The molecule has 1 aliphatic rings. The van der Waals surface area contributed by atoms with Crippen LogP contribution >= 0.6 is 22.9 Å². The standard InChI is InChI=1S/C21H18ClF3N6O3S/c22-13-9-26-17(7-12(13)21(23,24)25)30-20(33)16-10-27-19(35-16)2-1-15(32)14-8-18(29-11-28-14)31-3-5-34-6-4-31/h7-11H,1-6H2,(H,26,30,33). The number of hydrogen-bond acceptors (Lipinski definition) is 9. The van der Waals surface area contributed by atoms with E-state index in [0.717, 1.165) is 17.5 Å². The molecule has 1 saturated heterocycles. The van der Waals surface area contributed by atoms with Gasteiger partial charge >= 0.3 is 6.18 Å². The van der Waals surface area contributed by atoms with Crippen molar-refractivity contribution < 1.29 is 27.5 Å². The van der Waals surface area contributed by atoms with Crippen molar-refractivity contribution in [3.63, 3.8) is 0 Å². The van der Waals surface area contributed by atoms with Crippen molar-refractivity contribution >= 4 is 46.3 Å². The average molecular weight is 527 g/mol. The minimum absolute atomic E-state index is 0.113. The van der Waals surface area contributed by atoms with Crippen LogP contribution in [0.5, 0.6) is 0 Å². The minimum Gasteiger partial charge on any atom is -0.378 e. The summed E-state index contributed by atoms with van der Waals surface area (Å²) in [4.78, 5) is 43.4. The number of anilines is 2. The first kappa shape index (κ1) is 24.9. The SMILES string of the molecule is O=C(CCc1ncc(C(=O)Nc2cc(C(F)(F)F)c(Cl)cn2)s1)c1cc(N2CCOCC2)ncn1. The van der Waals surface area contributed by atoms with Gasteiger partial charge in [0.05, 0.1) is 35.0 Å². The molecule has 1 N–H and O–H groups in total. The number of hydrogen-bond donors (Lipinski definition) is 1. The Kier molecular flexibility index (Phi) is 7.57. The van der Waals surface area contributed by atoms with Gasteiger partial charge in [-0.25, -0.2) is 19.9 Å². The van der Waals surface area contributed by atoms with E-state index in [4.69, 9.17) is 16.3 Å². The fourth-order valence-electron chi connectivity index (χ4n) is 3.25. The van der Waals surface area contributed by atoms with Crippen LogP contribution < -0.4 is 10.2 Å². The predicted octanol–water partition coefficient (Wildman–Crippen LogP) is 3.90. The summed E-state index contributed by atoms with van der Waals surface area (Å²) in [6.45, 7) is 2.53. The van der Waals surface area contributed by atoms with Crippen molar-refractivity contribution in [1.29, 1.82) is 0 Å². The maximum absolute atomic E-state index is 13.0. The van der Waals surface area contributed by atoms with E-state index in [-0.39, 0.29) is 35.0 Å². The van der Waals surface area contributed by atoms with Gasteiger partial charge in [0, 0.05) is 38.2 Å². The van der Waals surface area contributed by atoms with Gasteiger partial charge in [0.15, 0.2) is 5.78 Å². The molecule has 1 fully saturated rings. The molecule has 0 aliphatic carbocycles. The second kappa shape index (κ2) is 10.6. The Morgan fingerprint density at radius 1 is 1.11 bits per heavy atom. The van der Waals surface area contributed by atoms with Gasteiger partial charge in [0.25, 0.3) is 5.91 Å². The highest BCUT2D eigenvalue weighted by molar-refractivity contribution is 7.13. The van der Waals surface area contributed by atoms with Crippen molar-refractivity contribution in [3.8, 4) is 0 Å². The zero-order chi connectivity index (χ0) is 25.0. The van der Waals surface area contributed by atoms with E-state index in [1.54, 1.807) is 6.07 Å². The summed E-state index contributed by atoms with van der Waals surface area (Å²) in [5.74, 6) is -0.511. The lowest BCUT2D eigenvalue weighted by Crippen LogP contribution is -2.36. The van der Waals surface area contributed by atoms with Crippen LogP contribution in [0.1, 0.15) is 37.2 Å². The molecule has 4 heterocycles. The normalized spacial score (nSPS) is 14.1. The Balaban J connectivity index is 1.35. The van der Waals surface area contributed by atoms with Crippen LogP contribution in [-0.4, -0.2) is 57.9 Å². The van der Waals surface area contributed by atoms with Crippen LogP contribution in [0, 0.1) is 0 Å². The molecule has 0 spiro atoms. The summed E-state index contributed by atoms with van der Waals surface area (Å²) in [6, 6.07) is 2.30. The number of carbonyl (C=O) groups excluding carboxylic acids is 2. The van der Waals surface area contributed by atoms with Crippen molar-refractivity contribution in [2.45, 2.75) is 19.0 Å². The number of aryl methyl sites for hydroxylation is 1. The number of ketones is 1. The van der Waals surface area contributed by atoms with E-state index in [0.29, 0.717) is 43.2 Å². The van der Waals surface area contributed by atoms with Crippen molar-refractivity contribution in [2.75, 3.05) is 36.5 Å². The van der Waals surface area contributed by atoms with Gasteiger partial charge < -0.3 is 15.0 Å². The number of nitrogens with one attached hydrogen (secondary N) is 1. The van der Waals surface area contributed by atoms with E-state index in [1.807, 2.05) is 4.90 Å². The molecule has 1 amide bonds. The molecule has 3 aromatic heterocycles. The quantitative estimate of drug-likeness (QED) is 0.461. The lowest BCUT2D eigenvalue weighted by Gasteiger charge is -2.27. The summed E-state index contributed by atoms with van der Waals surface area (Å²) < 4.78 is 44.3. The molecule has 3 aromatic rings. The molecule has 184 valence electrons. The predicted molar refractivity (Wildman–Crippen MR) is 122 cm³/mol. The highest BCUT2D eigenvalue weighted by atomic mass is 35.5. The second-order valence-corrected chi connectivity index (χ2v) is 8.93. The van der Waals surface area contributed by atoms with Crippen LogP contribution in [-0.2, 0) is 17.3 Å². The molecular weight excluding hydrogens is 509 g/mol. The number of aromatic nitrogens is 4. The fraction of sp³-hybridized carbons (Fsp3) is 0.333. The van der Waals surface area contributed by atoms with Crippen LogP contribution in [0.2, 0.25) is 5.02 Å². The van der Waals surface area contributed by atoms with Crippen LogP contribution in [0.4, 0.5) is 24.8 Å². The first-order valence-corrected chi connectivity index (χ1v) is 11.6.